The van der Waals surface area contributed by atoms with Crippen molar-refractivity contribution < 1.29 is 0 Å². The lowest BCUT2D eigenvalue weighted by Crippen LogP contribution is -2.55. The van der Waals surface area contributed by atoms with Gasteiger partial charge in [0.1, 0.15) is 0 Å². The van der Waals surface area contributed by atoms with Crippen LogP contribution in [0.5, 0.6) is 0 Å². The number of hydrogen-bond donors (Lipinski definition) is 0. The molecule has 0 spiro atoms. The van der Waals surface area contributed by atoms with Crippen molar-refractivity contribution in [1.82, 2.24) is 9.97 Å². The molecule has 0 saturated heterocycles. The summed E-state index contributed by atoms with van der Waals surface area (Å²) in [6.45, 7) is 0. The SMILES string of the molecule is N#Cc1ccc(-c2ccc(C34CC5CC(C3)CC(c3ccc(-c6cc(-c7ccccc7)nc(-c7ccccc7)n6)cc3)(C5)C4)cc2)cc1. The third-order valence-electron chi connectivity index (χ3n) is 11.5. The molecule has 4 bridgehead atoms. The number of nitrogens with zero attached hydrogens (tertiary/aromatic N) is 3. The van der Waals surface area contributed by atoms with Crippen LogP contribution in [0.2, 0.25) is 0 Å². The molecular weight excluding hydrogens is 583 g/mol. The summed E-state index contributed by atoms with van der Waals surface area (Å²) in [5.74, 6) is 2.32. The predicted molar refractivity (Wildman–Crippen MR) is 193 cm³/mol. The Morgan fingerprint density at radius 1 is 0.500 bits per heavy atom. The lowest BCUT2D eigenvalue weighted by Gasteiger charge is -2.63. The van der Waals surface area contributed by atoms with E-state index in [0.29, 0.717) is 5.56 Å². The summed E-state index contributed by atoms with van der Waals surface area (Å²) in [7, 11) is 0. The molecule has 1 heterocycles. The molecule has 5 aromatic carbocycles. The normalized spacial score (nSPS) is 23.9. The van der Waals surface area contributed by atoms with E-state index in [-0.39, 0.29) is 10.8 Å². The van der Waals surface area contributed by atoms with Crippen molar-refractivity contribution in [2.45, 2.75) is 49.4 Å². The fourth-order valence-electron chi connectivity index (χ4n) is 9.75. The van der Waals surface area contributed by atoms with Crippen LogP contribution in [0.1, 0.15) is 55.2 Å². The van der Waals surface area contributed by atoms with Gasteiger partial charge in [-0.2, -0.15) is 5.26 Å². The molecule has 232 valence electrons. The van der Waals surface area contributed by atoms with Gasteiger partial charge in [-0.05, 0) is 102 Å². The van der Waals surface area contributed by atoms with Crippen molar-refractivity contribution >= 4 is 0 Å². The summed E-state index contributed by atoms with van der Waals surface area (Å²) in [6.07, 6.45) is 7.84. The summed E-state index contributed by atoms with van der Waals surface area (Å²) in [5.41, 5.74) is 11.7. The Bertz CT molecular complexity index is 2050. The first-order valence-electron chi connectivity index (χ1n) is 17.3. The zero-order valence-corrected chi connectivity index (χ0v) is 27.0. The van der Waals surface area contributed by atoms with Crippen LogP contribution in [0.25, 0.3) is 45.0 Å². The van der Waals surface area contributed by atoms with Crippen LogP contribution in [-0.4, -0.2) is 9.97 Å². The maximum absolute atomic E-state index is 9.20. The van der Waals surface area contributed by atoms with Crippen molar-refractivity contribution in [1.29, 1.82) is 5.26 Å². The highest BCUT2D eigenvalue weighted by atomic mass is 14.9. The van der Waals surface area contributed by atoms with Gasteiger partial charge in [-0.3, -0.25) is 0 Å². The van der Waals surface area contributed by atoms with Crippen LogP contribution < -0.4 is 0 Å². The summed E-state index contributed by atoms with van der Waals surface area (Å²) in [5, 5.41) is 9.20. The second-order valence-corrected chi connectivity index (χ2v) is 14.6. The summed E-state index contributed by atoms with van der Waals surface area (Å²) < 4.78 is 0. The molecule has 10 rings (SSSR count). The standard InChI is InChI=1S/C45H37N3/c46-29-31-11-13-34(14-12-31)35-15-19-39(20-16-35)44-25-32-23-33(26-44)28-45(27-32,30-44)40-21-17-37(18-22-40)42-24-41(36-7-3-1-4-8-36)47-43(48-42)38-9-5-2-6-10-38/h1-22,24,32-33H,23,25-28,30H2. The Morgan fingerprint density at radius 2 is 0.938 bits per heavy atom. The highest BCUT2D eigenvalue weighted by molar-refractivity contribution is 5.72. The average molecular weight is 620 g/mol. The monoisotopic (exact) mass is 619 g/mol. The number of nitriles is 1. The van der Waals surface area contributed by atoms with Crippen LogP contribution >= 0.6 is 0 Å². The van der Waals surface area contributed by atoms with E-state index in [4.69, 9.17) is 9.97 Å². The van der Waals surface area contributed by atoms with Gasteiger partial charge in [0, 0.05) is 16.7 Å². The maximum Gasteiger partial charge on any atom is 0.160 e. The zero-order chi connectivity index (χ0) is 32.1. The predicted octanol–water partition coefficient (Wildman–Crippen LogP) is 10.8. The van der Waals surface area contributed by atoms with Crippen LogP contribution in [0.15, 0.2) is 140 Å². The third kappa shape index (κ3) is 5.04. The van der Waals surface area contributed by atoms with E-state index < -0.39 is 0 Å². The number of rotatable bonds is 6. The van der Waals surface area contributed by atoms with Crippen molar-refractivity contribution in [2.75, 3.05) is 0 Å². The minimum Gasteiger partial charge on any atom is -0.228 e. The van der Waals surface area contributed by atoms with E-state index in [1.54, 1.807) is 0 Å². The fourth-order valence-corrected chi connectivity index (χ4v) is 9.75. The molecular formula is C45H37N3. The van der Waals surface area contributed by atoms with Crippen LogP contribution in [0, 0.1) is 23.2 Å². The van der Waals surface area contributed by atoms with E-state index in [0.717, 1.165) is 51.3 Å². The molecule has 0 N–H and O–H groups in total. The van der Waals surface area contributed by atoms with Crippen molar-refractivity contribution in [3.63, 3.8) is 0 Å². The molecule has 1 aromatic heterocycles. The second kappa shape index (κ2) is 11.4. The molecule has 2 atom stereocenters. The Hall–Kier alpha value is -5.33. The molecule has 6 aromatic rings. The van der Waals surface area contributed by atoms with Gasteiger partial charge in [-0.15, -0.1) is 0 Å². The molecule has 4 aliphatic carbocycles. The zero-order valence-electron chi connectivity index (χ0n) is 27.0. The Labute approximate surface area is 283 Å². The Kier molecular flexibility index (Phi) is 6.87. The van der Waals surface area contributed by atoms with Gasteiger partial charge in [0.2, 0.25) is 0 Å². The summed E-state index contributed by atoms with van der Waals surface area (Å²) in [4.78, 5) is 10.1. The largest absolute Gasteiger partial charge is 0.228 e. The topological polar surface area (TPSA) is 49.6 Å². The van der Waals surface area contributed by atoms with Gasteiger partial charge >= 0.3 is 0 Å². The molecule has 2 unspecified atom stereocenters. The highest BCUT2D eigenvalue weighted by Gasteiger charge is 2.58. The van der Waals surface area contributed by atoms with Crippen molar-refractivity contribution in [2.24, 2.45) is 11.8 Å². The van der Waals surface area contributed by atoms with Crippen molar-refractivity contribution in [3.05, 3.63) is 156 Å². The maximum atomic E-state index is 9.20. The minimum atomic E-state index is 0.227. The van der Waals surface area contributed by atoms with E-state index >= 15 is 0 Å². The minimum absolute atomic E-state index is 0.227. The molecule has 3 nitrogen and oxygen atoms in total. The second-order valence-electron chi connectivity index (χ2n) is 14.6. The third-order valence-corrected chi connectivity index (χ3v) is 11.5. The smallest absolute Gasteiger partial charge is 0.160 e. The molecule has 0 amide bonds. The summed E-state index contributed by atoms with van der Waals surface area (Å²) >= 11 is 0. The number of aromatic nitrogens is 2. The first kappa shape index (κ1) is 28.9. The van der Waals surface area contributed by atoms with Crippen LogP contribution in [0.3, 0.4) is 0 Å². The van der Waals surface area contributed by atoms with Gasteiger partial charge in [0.05, 0.1) is 23.0 Å². The number of benzene rings is 5. The molecule has 4 saturated carbocycles. The Morgan fingerprint density at radius 3 is 1.44 bits per heavy atom. The average Bonchev–Trinajstić information content (AvgIpc) is 3.15. The van der Waals surface area contributed by atoms with Gasteiger partial charge in [0.25, 0.3) is 0 Å². The molecule has 0 aliphatic heterocycles. The molecule has 0 radical (unpaired) electrons. The highest BCUT2D eigenvalue weighted by Crippen LogP contribution is 2.66. The van der Waals surface area contributed by atoms with Gasteiger partial charge in [-0.1, -0.05) is 121 Å². The van der Waals surface area contributed by atoms with E-state index in [1.807, 2.05) is 36.4 Å². The molecule has 3 heteroatoms. The quantitative estimate of drug-likeness (QED) is 0.186. The van der Waals surface area contributed by atoms with Gasteiger partial charge in [-0.25, -0.2) is 9.97 Å². The van der Waals surface area contributed by atoms with Crippen LogP contribution in [-0.2, 0) is 10.8 Å². The number of hydrogen-bond acceptors (Lipinski definition) is 3. The first-order valence-corrected chi connectivity index (χ1v) is 17.3. The lowest BCUT2D eigenvalue weighted by atomic mass is 9.41. The molecule has 48 heavy (non-hydrogen) atoms. The van der Waals surface area contributed by atoms with E-state index in [1.165, 1.54) is 55.2 Å². The van der Waals surface area contributed by atoms with Gasteiger partial charge < -0.3 is 0 Å². The molecule has 4 fully saturated rings. The van der Waals surface area contributed by atoms with E-state index in [2.05, 4.69) is 109 Å². The lowest BCUT2D eigenvalue weighted by molar-refractivity contribution is -0.0281. The van der Waals surface area contributed by atoms with Gasteiger partial charge in [0.15, 0.2) is 5.82 Å². The van der Waals surface area contributed by atoms with E-state index in [9.17, 15) is 5.26 Å². The first-order chi connectivity index (χ1) is 23.6. The Balaban J connectivity index is 1.04. The summed E-state index contributed by atoms with van der Waals surface area (Å²) in [6, 6.07) is 51.8. The van der Waals surface area contributed by atoms with Crippen molar-refractivity contribution in [3.8, 4) is 51.1 Å². The molecule has 4 aliphatic rings. The van der Waals surface area contributed by atoms with Crippen LogP contribution in [0.4, 0.5) is 0 Å². The fraction of sp³-hybridized carbons (Fsp3) is 0.222.